The Labute approximate surface area is 137 Å². The molecule has 2 amide bonds. The number of primary amides is 1. The maximum Gasteiger partial charge on any atom is 0.414 e. The van der Waals surface area contributed by atoms with Gasteiger partial charge in [0.1, 0.15) is 0 Å². The highest BCUT2D eigenvalue weighted by atomic mass is 19.4. The summed E-state index contributed by atoms with van der Waals surface area (Å²) in [6, 6.07) is 2.05. The van der Waals surface area contributed by atoms with Crippen molar-refractivity contribution >= 4 is 11.8 Å². The van der Waals surface area contributed by atoms with Crippen LogP contribution in [0.25, 0.3) is 0 Å². The van der Waals surface area contributed by atoms with E-state index in [1.807, 2.05) is 0 Å². The average molecular weight is 344 g/mol. The molecule has 0 saturated carbocycles. The zero-order chi connectivity index (χ0) is 17.7. The molecule has 1 atom stereocenters. The van der Waals surface area contributed by atoms with Gasteiger partial charge < -0.3 is 11.1 Å². The van der Waals surface area contributed by atoms with Crippen LogP contribution >= 0.6 is 0 Å². The molecule has 2 rings (SSSR count). The van der Waals surface area contributed by atoms with Crippen LogP contribution in [0.5, 0.6) is 0 Å². The highest BCUT2D eigenvalue weighted by Crippen LogP contribution is 2.32. The maximum atomic E-state index is 13.2. The van der Waals surface area contributed by atoms with Crippen molar-refractivity contribution in [2.24, 2.45) is 11.7 Å². The van der Waals surface area contributed by atoms with Crippen LogP contribution < -0.4 is 11.1 Å². The van der Waals surface area contributed by atoms with E-state index in [2.05, 4.69) is 10.3 Å². The van der Waals surface area contributed by atoms with Gasteiger partial charge in [-0.05, 0) is 38.1 Å². The number of carbonyl (C=O) groups excluding carboxylic acids is 2. The summed E-state index contributed by atoms with van der Waals surface area (Å²) in [5, 5.41) is 2.06. The number of nitrogens with one attached hydrogen (secondary N) is 1. The lowest BCUT2D eigenvalue weighted by Crippen LogP contribution is -2.46. The van der Waals surface area contributed by atoms with Gasteiger partial charge in [0, 0.05) is 12.1 Å². The van der Waals surface area contributed by atoms with Crippen LogP contribution in [0.15, 0.2) is 24.4 Å². The number of halogens is 3. The summed E-state index contributed by atoms with van der Waals surface area (Å²) in [6.45, 7) is 0.982. The Morgan fingerprint density at radius 1 is 1.33 bits per heavy atom. The van der Waals surface area contributed by atoms with Crippen LogP contribution in [-0.2, 0) is 9.59 Å². The Morgan fingerprint density at radius 3 is 2.50 bits per heavy atom. The van der Waals surface area contributed by atoms with Crippen molar-refractivity contribution < 1.29 is 22.8 Å². The van der Waals surface area contributed by atoms with E-state index in [0.717, 1.165) is 0 Å². The molecule has 0 aromatic carbocycles. The third-order valence-corrected chi connectivity index (χ3v) is 3.94. The van der Waals surface area contributed by atoms with Crippen molar-refractivity contribution in [1.82, 2.24) is 15.2 Å². The van der Waals surface area contributed by atoms with E-state index >= 15 is 0 Å². The fraction of sp³-hybridized carbons (Fsp3) is 0.533. The number of hydrogen-bond donors (Lipinski definition) is 2. The lowest BCUT2D eigenvalue weighted by molar-refractivity contribution is -0.165. The number of nitrogens with zero attached hydrogens (tertiary/aromatic N) is 2. The van der Waals surface area contributed by atoms with Crippen LogP contribution in [0, 0.1) is 5.92 Å². The molecule has 1 fully saturated rings. The third kappa shape index (κ3) is 4.92. The Balaban J connectivity index is 1.98. The highest BCUT2D eigenvalue weighted by Gasteiger charge is 2.43. The van der Waals surface area contributed by atoms with Gasteiger partial charge in [-0.2, -0.15) is 13.2 Å². The minimum Gasteiger partial charge on any atom is -0.369 e. The summed E-state index contributed by atoms with van der Waals surface area (Å²) in [7, 11) is 0. The van der Waals surface area contributed by atoms with E-state index in [1.165, 1.54) is 24.4 Å². The summed E-state index contributed by atoms with van der Waals surface area (Å²) < 4.78 is 39.7. The first-order chi connectivity index (χ1) is 11.3. The summed E-state index contributed by atoms with van der Waals surface area (Å²) in [5.74, 6) is -1.64. The number of aromatic nitrogens is 1. The second-order valence-corrected chi connectivity index (χ2v) is 5.75. The van der Waals surface area contributed by atoms with E-state index in [-0.39, 0.29) is 12.2 Å². The van der Waals surface area contributed by atoms with E-state index < -0.39 is 30.0 Å². The molecule has 3 N–H and O–H groups in total. The highest BCUT2D eigenvalue weighted by molar-refractivity contribution is 5.79. The number of pyridine rings is 1. The van der Waals surface area contributed by atoms with Crippen molar-refractivity contribution in [3.63, 3.8) is 0 Å². The maximum absolute atomic E-state index is 13.2. The molecule has 0 spiro atoms. The summed E-state index contributed by atoms with van der Waals surface area (Å²) in [5.41, 5.74) is 4.86. The largest absolute Gasteiger partial charge is 0.414 e. The molecule has 1 aromatic heterocycles. The average Bonchev–Trinajstić information content (AvgIpc) is 2.52. The number of piperidine rings is 1. The van der Waals surface area contributed by atoms with Crippen LogP contribution in [0.2, 0.25) is 0 Å². The number of nitrogens with two attached hydrogens (primary N) is 1. The normalized spacial score (nSPS) is 18.1. The van der Waals surface area contributed by atoms with E-state index in [1.54, 1.807) is 4.90 Å². The predicted octanol–water partition coefficient (Wildman–Crippen LogP) is 0.998. The number of carbonyl (C=O) groups is 2. The lowest BCUT2D eigenvalue weighted by Gasteiger charge is -2.31. The van der Waals surface area contributed by atoms with Gasteiger partial charge in [0.05, 0.1) is 12.2 Å². The number of rotatable bonds is 5. The Kier molecular flexibility index (Phi) is 5.76. The molecule has 1 saturated heterocycles. The molecule has 24 heavy (non-hydrogen) atoms. The molecule has 0 aliphatic carbocycles. The smallest absolute Gasteiger partial charge is 0.369 e. The molecular weight excluding hydrogens is 325 g/mol. The second kappa shape index (κ2) is 7.61. The third-order valence-electron chi connectivity index (χ3n) is 3.94. The molecule has 2 heterocycles. The summed E-state index contributed by atoms with van der Waals surface area (Å²) >= 11 is 0. The van der Waals surface area contributed by atoms with Gasteiger partial charge in [-0.3, -0.25) is 19.5 Å². The monoisotopic (exact) mass is 344 g/mol. The summed E-state index contributed by atoms with van der Waals surface area (Å²) in [4.78, 5) is 28.6. The van der Waals surface area contributed by atoms with E-state index in [0.29, 0.717) is 25.9 Å². The number of amides is 2. The molecule has 0 radical (unpaired) electrons. The molecule has 1 unspecified atom stereocenters. The van der Waals surface area contributed by atoms with Crippen molar-refractivity contribution in [3.8, 4) is 0 Å². The van der Waals surface area contributed by atoms with Gasteiger partial charge in [-0.15, -0.1) is 0 Å². The standard InChI is InChI=1S/C15H19F3N4O2/c16-15(17,18)13(11-3-1-2-6-20-11)21-14(24)10-4-7-22(8-5-10)9-12(19)23/h1-3,6,10,13H,4-5,7-9H2,(H2,19,23)(H,21,24). The molecule has 6 nitrogen and oxygen atoms in total. The molecule has 132 valence electrons. The predicted molar refractivity (Wildman–Crippen MR) is 79.5 cm³/mol. The van der Waals surface area contributed by atoms with Crippen molar-refractivity contribution in [2.75, 3.05) is 19.6 Å². The van der Waals surface area contributed by atoms with Gasteiger partial charge in [-0.1, -0.05) is 6.07 Å². The SMILES string of the molecule is NC(=O)CN1CCC(C(=O)NC(c2ccccn2)C(F)(F)F)CC1. The zero-order valence-corrected chi connectivity index (χ0v) is 12.9. The van der Waals surface area contributed by atoms with Crippen molar-refractivity contribution in [2.45, 2.75) is 25.1 Å². The van der Waals surface area contributed by atoms with Crippen LogP contribution in [0.1, 0.15) is 24.6 Å². The first-order valence-electron chi connectivity index (χ1n) is 7.56. The van der Waals surface area contributed by atoms with Crippen molar-refractivity contribution in [1.29, 1.82) is 0 Å². The number of hydrogen-bond acceptors (Lipinski definition) is 4. The van der Waals surface area contributed by atoms with Gasteiger partial charge in [0.15, 0.2) is 6.04 Å². The topological polar surface area (TPSA) is 88.3 Å². The molecular formula is C15H19F3N4O2. The van der Waals surface area contributed by atoms with E-state index in [4.69, 9.17) is 5.73 Å². The van der Waals surface area contributed by atoms with E-state index in [9.17, 15) is 22.8 Å². The minimum absolute atomic E-state index is 0.0907. The quantitative estimate of drug-likeness (QED) is 0.834. The molecule has 1 aromatic rings. The van der Waals surface area contributed by atoms with Crippen LogP contribution in [0.3, 0.4) is 0 Å². The first-order valence-corrected chi connectivity index (χ1v) is 7.56. The number of likely N-dealkylation sites (tertiary alicyclic amines) is 1. The van der Waals surface area contributed by atoms with Crippen molar-refractivity contribution in [3.05, 3.63) is 30.1 Å². The number of alkyl halides is 3. The van der Waals surface area contributed by atoms with Gasteiger partial charge in [-0.25, -0.2) is 0 Å². The van der Waals surface area contributed by atoms with Gasteiger partial charge >= 0.3 is 6.18 Å². The fourth-order valence-electron chi connectivity index (χ4n) is 2.70. The molecule has 1 aliphatic rings. The first kappa shape index (κ1) is 18.2. The fourth-order valence-corrected chi connectivity index (χ4v) is 2.70. The Bertz CT molecular complexity index is 572. The minimum atomic E-state index is -4.63. The summed E-state index contributed by atoms with van der Waals surface area (Å²) in [6.07, 6.45) is -2.61. The van der Waals surface area contributed by atoms with Crippen LogP contribution in [0.4, 0.5) is 13.2 Å². The Morgan fingerprint density at radius 2 is 2.00 bits per heavy atom. The lowest BCUT2D eigenvalue weighted by atomic mass is 9.95. The molecule has 1 aliphatic heterocycles. The van der Waals surface area contributed by atoms with Crippen LogP contribution in [-0.4, -0.2) is 47.5 Å². The van der Waals surface area contributed by atoms with Gasteiger partial charge in [0.2, 0.25) is 11.8 Å². The second-order valence-electron chi connectivity index (χ2n) is 5.75. The molecule has 9 heteroatoms. The van der Waals surface area contributed by atoms with Gasteiger partial charge in [0.25, 0.3) is 0 Å². The zero-order valence-electron chi connectivity index (χ0n) is 12.9. The molecule has 0 bridgehead atoms. The Hall–Kier alpha value is -2.16.